The van der Waals surface area contributed by atoms with Crippen molar-refractivity contribution in [3.05, 3.63) is 53.7 Å². The van der Waals surface area contributed by atoms with E-state index >= 15 is 0 Å². The van der Waals surface area contributed by atoms with Crippen LogP contribution in [-0.4, -0.2) is 42.0 Å². The number of rotatable bonds is 4. The smallest absolute Gasteiger partial charge is 0.276 e. The first-order valence-corrected chi connectivity index (χ1v) is 8.87. The van der Waals surface area contributed by atoms with Gasteiger partial charge in [-0.2, -0.15) is 0 Å². The number of nitrogens with two attached hydrogens (primary N) is 1. The summed E-state index contributed by atoms with van der Waals surface area (Å²) in [6.07, 6.45) is 3.04. The molecule has 4 rings (SSSR count). The van der Waals surface area contributed by atoms with Crippen molar-refractivity contribution in [2.75, 3.05) is 26.2 Å². The minimum absolute atomic E-state index is 0.0869. The summed E-state index contributed by atoms with van der Waals surface area (Å²) in [4.78, 5) is 19.1. The minimum atomic E-state index is -0.153. The number of amides is 1. The third kappa shape index (κ3) is 3.07. The van der Waals surface area contributed by atoms with Crippen molar-refractivity contribution in [3.63, 3.8) is 0 Å². The first-order valence-electron chi connectivity index (χ1n) is 8.87. The number of carbonyl (C=O) groups is 1. The second kappa shape index (κ2) is 6.98. The lowest BCUT2D eigenvalue weighted by Gasteiger charge is -2.17. The van der Waals surface area contributed by atoms with E-state index in [0.29, 0.717) is 37.7 Å². The molecule has 2 aliphatic rings. The van der Waals surface area contributed by atoms with Gasteiger partial charge >= 0.3 is 0 Å². The summed E-state index contributed by atoms with van der Waals surface area (Å²) in [5.41, 5.74) is 7.59. The highest BCUT2D eigenvalue weighted by atomic mass is 16.5. The van der Waals surface area contributed by atoms with Gasteiger partial charge in [0.15, 0.2) is 17.8 Å². The molecule has 1 amide bonds. The highest BCUT2D eigenvalue weighted by Crippen LogP contribution is 2.35. The molecule has 6 heteroatoms. The van der Waals surface area contributed by atoms with Gasteiger partial charge in [-0.05, 0) is 30.9 Å². The summed E-state index contributed by atoms with van der Waals surface area (Å²) < 4.78 is 11.1. The SMILES string of the molecule is NC[C@@H]1CN(C(=O)c2ncoc2C2CCCO2)C[C@H]1c1ccccc1. The average molecular weight is 341 g/mol. The molecular formula is C19H23N3O3. The van der Waals surface area contributed by atoms with E-state index in [1.807, 2.05) is 23.1 Å². The summed E-state index contributed by atoms with van der Waals surface area (Å²) in [6.45, 7) is 2.56. The van der Waals surface area contributed by atoms with Crippen molar-refractivity contribution in [2.45, 2.75) is 24.9 Å². The molecule has 0 bridgehead atoms. The predicted octanol–water partition coefficient (Wildman–Crippen LogP) is 2.34. The van der Waals surface area contributed by atoms with Crippen LogP contribution >= 0.6 is 0 Å². The van der Waals surface area contributed by atoms with Gasteiger partial charge in [-0.3, -0.25) is 4.79 Å². The molecule has 1 aromatic heterocycles. The number of hydrogen-bond donors (Lipinski definition) is 1. The third-order valence-electron chi connectivity index (χ3n) is 5.28. The first kappa shape index (κ1) is 16.3. The van der Waals surface area contributed by atoms with Gasteiger partial charge in [0.1, 0.15) is 6.10 Å². The highest BCUT2D eigenvalue weighted by Gasteiger charge is 2.38. The van der Waals surface area contributed by atoms with Crippen LogP contribution in [0.4, 0.5) is 0 Å². The van der Waals surface area contributed by atoms with Gasteiger partial charge in [-0.1, -0.05) is 30.3 Å². The van der Waals surface area contributed by atoms with E-state index in [4.69, 9.17) is 14.9 Å². The Labute approximate surface area is 147 Å². The van der Waals surface area contributed by atoms with E-state index in [1.54, 1.807) is 0 Å². The Morgan fingerprint density at radius 3 is 2.84 bits per heavy atom. The Hall–Kier alpha value is -2.18. The Morgan fingerprint density at radius 1 is 1.28 bits per heavy atom. The van der Waals surface area contributed by atoms with Crippen molar-refractivity contribution in [1.29, 1.82) is 0 Å². The monoisotopic (exact) mass is 341 g/mol. The molecule has 2 aliphatic heterocycles. The highest BCUT2D eigenvalue weighted by molar-refractivity contribution is 5.93. The van der Waals surface area contributed by atoms with E-state index in [-0.39, 0.29) is 23.8 Å². The first-order chi connectivity index (χ1) is 12.3. The van der Waals surface area contributed by atoms with Crippen LogP contribution in [0.15, 0.2) is 41.1 Å². The zero-order chi connectivity index (χ0) is 17.2. The number of likely N-dealkylation sites (tertiary alicyclic amines) is 1. The number of nitrogens with zero attached hydrogens (tertiary/aromatic N) is 2. The summed E-state index contributed by atoms with van der Waals surface area (Å²) in [7, 11) is 0. The van der Waals surface area contributed by atoms with Crippen molar-refractivity contribution < 1.29 is 13.9 Å². The lowest BCUT2D eigenvalue weighted by molar-refractivity contribution is 0.0741. The largest absolute Gasteiger partial charge is 0.445 e. The molecule has 1 unspecified atom stereocenters. The summed E-state index contributed by atoms with van der Waals surface area (Å²) >= 11 is 0. The Kier molecular flexibility index (Phi) is 4.55. The molecule has 0 radical (unpaired) electrons. The second-order valence-electron chi connectivity index (χ2n) is 6.79. The molecule has 2 saturated heterocycles. The van der Waals surface area contributed by atoms with Crippen LogP contribution in [-0.2, 0) is 4.74 Å². The summed E-state index contributed by atoms with van der Waals surface area (Å²) in [6, 6.07) is 10.3. The fourth-order valence-electron chi connectivity index (χ4n) is 3.93. The molecule has 3 heterocycles. The van der Waals surface area contributed by atoms with Crippen molar-refractivity contribution in [2.24, 2.45) is 11.7 Å². The zero-order valence-electron chi connectivity index (χ0n) is 14.1. The van der Waals surface area contributed by atoms with Crippen molar-refractivity contribution in [3.8, 4) is 0 Å². The lowest BCUT2D eigenvalue weighted by atomic mass is 9.89. The normalized spacial score (nSPS) is 26.3. The van der Waals surface area contributed by atoms with Crippen LogP contribution < -0.4 is 5.73 Å². The fraction of sp³-hybridized carbons (Fsp3) is 0.474. The van der Waals surface area contributed by atoms with E-state index < -0.39 is 0 Å². The summed E-state index contributed by atoms with van der Waals surface area (Å²) in [5, 5.41) is 0. The van der Waals surface area contributed by atoms with Crippen molar-refractivity contribution >= 4 is 5.91 Å². The number of hydrogen-bond acceptors (Lipinski definition) is 5. The summed E-state index contributed by atoms with van der Waals surface area (Å²) in [5.74, 6) is 0.990. The van der Waals surface area contributed by atoms with Crippen LogP contribution in [0.3, 0.4) is 0 Å². The van der Waals surface area contributed by atoms with Crippen LogP contribution in [0.2, 0.25) is 0 Å². The van der Waals surface area contributed by atoms with E-state index in [2.05, 4.69) is 17.1 Å². The topological polar surface area (TPSA) is 81.6 Å². The molecule has 0 saturated carbocycles. The molecule has 2 aromatic rings. The molecule has 1 aromatic carbocycles. The predicted molar refractivity (Wildman–Crippen MR) is 92.1 cm³/mol. The number of aromatic nitrogens is 1. The Balaban J connectivity index is 1.54. The van der Waals surface area contributed by atoms with Gasteiger partial charge in [-0.15, -0.1) is 0 Å². The molecule has 3 atom stereocenters. The third-order valence-corrected chi connectivity index (χ3v) is 5.28. The number of carbonyl (C=O) groups excluding carboxylic acids is 1. The molecule has 25 heavy (non-hydrogen) atoms. The van der Waals surface area contributed by atoms with Crippen LogP contribution in [0.1, 0.15) is 46.7 Å². The molecule has 132 valence electrons. The molecule has 0 aliphatic carbocycles. The van der Waals surface area contributed by atoms with E-state index in [9.17, 15) is 4.79 Å². The van der Waals surface area contributed by atoms with E-state index in [1.165, 1.54) is 12.0 Å². The van der Waals surface area contributed by atoms with Gasteiger partial charge in [0.2, 0.25) is 0 Å². The van der Waals surface area contributed by atoms with Crippen LogP contribution in [0.25, 0.3) is 0 Å². The van der Waals surface area contributed by atoms with E-state index in [0.717, 1.165) is 12.8 Å². The van der Waals surface area contributed by atoms with Crippen molar-refractivity contribution in [1.82, 2.24) is 9.88 Å². The van der Waals surface area contributed by atoms with Gasteiger partial charge in [0.05, 0.1) is 0 Å². The zero-order valence-corrected chi connectivity index (χ0v) is 14.1. The molecule has 0 spiro atoms. The number of oxazole rings is 1. The molecule has 2 N–H and O–H groups in total. The van der Waals surface area contributed by atoms with Gasteiger partial charge in [-0.25, -0.2) is 4.98 Å². The second-order valence-corrected chi connectivity index (χ2v) is 6.79. The molecule has 2 fully saturated rings. The standard InChI is InChI=1S/C19H23N3O3/c20-9-14-10-22(11-15(14)13-5-2-1-3-6-13)19(23)17-18(25-12-21-17)16-7-4-8-24-16/h1-3,5-6,12,14-16H,4,7-11,20H2/t14-,15+,16?/m1/s1. The Morgan fingerprint density at radius 2 is 2.12 bits per heavy atom. The van der Waals surface area contributed by atoms with Gasteiger partial charge < -0.3 is 19.8 Å². The van der Waals surface area contributed by atoms with Gasteiger partial charge in [0, 0.05) is 25.6 Å². The maximum atomic E-state index is 13.0. The van der Waals surface area contributed by atoms with Crippen LogP contribution in [0.5, 0.6) is 0 Å². The number of benzene rings is 1. The maximum absolute atomic E-state index is 13.0. The lowest BCUT2D eigenvalue weighted by Crippen LogP contribution is -2.31. The molecular weight excluding hydrogens is 318 g/mol. The quantitative estimate of drug-likeness (QED) is 0.923. The van der Waals surface area contributed by atoms with Crippen LogP contribution in [0, 0.1) is 5.92 Å². The average Bonchev–Trinajstić information content (AvgIpc) is 3.41. The fourth-order valence-corrected chi connectivity index (χ4v) is 3.93. The molecule has 6 nitrogen and oxygen atoms in total. The number of ether oxygens (including phenoxy) is 1. The maximum Gasteiger partial charge on any atom is 0.276 e. The minimum Gasteiger partial charge on any atom is -0.445 e. The van der Waals surface area contributed by atoms with Gasteiger partial charge in [0.25, 0.3) is 5.91 Å². The Bertz CT molecular complexity index is 725.